The molecule has 262 valence electrons. The van der Waals surface area contributed by atoms with Crippen LogP contribution in [0.25, 0.3) is 54.9 Å². The van der Waals surface area contributed by atoms with Gasteiger partial charge >= 0.3 is 0 Å². The minimum Gasteiger partial charge on any atom is -0.483 e. The van der Waals surface area contributed by atoms with Crippen LogP contribution < -0.4 is 4.74 Å². The molecule has 1 aliphatic rings. The number of aromatic nitrogens is 5. The summed E-state index contributed by atoms with van der Waals surface area (Å²) >= 11 is 1.09. The standard InChI is InChI=1S/C37H34F3N7O3S/c1-8-30(48)47-18(2)15-46-28(19(47)3)14-26(43-46)36-34(32-23(39)12-22(38)13-29(32)50-16-31(49)44(5)6)33-24(40)17-51-37(33)35(42-36)21-9-10-27-25(11-21)41-20(4)45(27)7/h8-14,17-19H,1,15-16H2,2-7H3/t18-,19+/m0/s1. The van der Waals surface area contributed by atoms with Gasteiger partial charge in [-0.3, -0.25) is 14.3 Å². The quantitative estimate of drug-likeness (QED) is 0.165. The SMILES string of the molecule is C=CC(=O)N1[C@H](C)c2cc(-c3nc(-c4ccc5c(c4)nc(C)n5C)c4scc(F)c4c3-c3c(F)cc(F)cc3OCC(=O)N(C)C)nn2C[C@@H]1C. The normalized spacial score (nSPS) is 15.7. The molecule has 0 saturated carbocycles. The van der Waals surface area contributed by atoms with Crippen molar-refractivity contribution >= 4 is 44.3 Å². The molecular weight excluding hydrogens is 680 g/mol. The summed E-state index contributed by atoms with van der Waals surface area (Å²) in [5, 5.41) is 6.22. The Labute approximate surface area is 295 Å². The lowest BCUT2D eigenvalue weighted by atomic mass is 9.94. The first-order chi connectivity index (χ1) is 24.3. The Morgan fingerprint density at radius 2 is 1.82 bits per heavy atom. The van der Waals surface area contributed by atoms with Gasteiger partial charge < -0.3 is 19.1 Å². The zero-order valence-electron chi connectivity index (χ0n) is 28.8. The molecule has 2 amide bonds. The number of fused-ring (bicyclic) bond motifs is 3. The fourth-order valence-corrected chi connectivity index (χ4v) is 7.69. The van der Waals surface area contributed by atoms with Crippen molar-refractivity contribution < 1.29 is 27.5 Å². The van der Waals surface area contributed by atoms with Crippen LogP contribution in [-0.4, -0.2) is 72.7 Å². The highest BCUT2D eigenvalue weighted by molar-refractivity contribution is 7.17. The van der Waals surface area contributed by atoms with Crippen molar-refractivity contribution in [3.63, 3.8) is 0 Å². The van der Waals surface area contributed by atoms with Crippen molar-refractivity contribution in [2.24, 2.45) is 7.05 Å². The van der Waals surface area contributed by atoms with E-state index in [1.165, 1.54) is 30.5 Å². The van der Waals surface area contributed by atoms with Crippen LogP contribution in [0.1, 0.15) is 31.4 Å². The second kappa shape index (κ2) is 12.7. The Balaban J connectivity index is 1.53. The van der Waals surface area contributed by atoms with Crippen molar-refractivity contribution in [2.75, 3.05) is 20.7 Å². The van der Waals surface area contributed by atoms with Crippen LogP contribution in [0.2, 0.25) is 0 Å². The lowest BCUT2D eigenvalue weighted by Gasteiger charge is -2.38. The number of amides is 2. The third-order valence-electron chi connectivity index (χ3n) is 9.41. The third-order valence-corrected chi connectivity index (χ3v) is 10.4. The van der Waals surface area contributed by atoms with E-state index in [0.717, 1.165) is 28.7 Å². The Morgan fingerprint density at radius 1 is 1.06 bits per heavy atom. The monoisotopic (exact) mass is 713 g/mol. The van der Waals surface area contributed by atoms with E-state index < -0.39 is 36.0 Å². The molecule has 1 aliphatic heterocycles. The minimum atomic E-state index is -1.04. The third kappa shape index (κ3) is 5.63. The van der Waals surface area contributed by atoms with E-state index in [0.29, 0.717) is 39.8 Å². The number of imidazole rings is 1. The first-order valence-corrected chi connectivity index (χ1v) is 17.1. The highest BCUT2D eigenvalue weighted by atomic mass is 32.1. The zero-order valence-corrected chi connectivity index (χ0v) is 29.6. The fraction of sp³-hybridized carbons (Fsp3) is 0.270. The lowest BCUT2D eigenvalue weighted by molar-refractivity contribution is -0.132. The van der Waals surface area contributed by atoms with Gasteiger partial charge in [0.25, 0.3) is 5.91 Å². The Hall–Kier alpha value is -5.50. The maximum atomic E-state index is 16.3. The number of hydrogen-bond acceptors (Lipinski definition) is 7. The van der Waals surface area contributed by atoms with Crippen molar-refractivity contribution in [3.8, 4) is 39.5 Å². The van der Waals surface area contributed by atoms with E-state index in [1.807, 2.05) is 50.6 Å². The van der Waals surface area contributed by atoms with Crippen LogP contribution in [-0.2, 0) is 23.2 Å². The average Bonchev–Trinajstić information content (AvgIpc) is 3.77. The van der Waals surface area contributed by atoms with Crippen molar-refractivity contribution in [1.82, 2.24) is 34.1 Å². The van der Waals surface area contributed by atoms with Gasteiger partial charge in [0, 0.05) is 61.2 Å². The predicted octanol–water partition coefficient (Wildman–Crippen LogP) is 7.05. The lowest BCUT2D eigenvalue weighted by Crippen LogP contribution is -2.46. The van der Waals surface area contributed by atoms with E-state index >= 15 is 8.78 Å². The van der Waals surface area contributed by atoms with Gasteiger partial charge in [0.1, 0.15) is 40.4 Å². The van der Waals surface area contributed by atoms with Crippen molar-refractivity contribution in [1.29, 1.82) is 0 Å². The molecule has 4 aromatic heterocycles. The van der Waals surface area contributed by atoms with E-state index in [1.54, 1.807) is 15.6 Å². The largest absolute Gasteiger partial charge is 0.483 e. The van der Waals surface area contributed by atoms with Crippen LogP contribution in [0.3, 0.4) is 0 Å². The number of pyridine rings is 1. The number of aryl methyl sites for hydroxylation is 2. The average molecular weight is 714 g/mol. The summed E-state index contributed by atoms with van der Waals surface area (Å²) in [4.78, 5) is 38.1. The summed E-state index contributed by atoms with van der Waals surface area (Å²) in [5.41, 5.74) is 3.42. The number of nitrogens with zero attached hydrogens (tertiary/aromatic N) is 7. The smallest absolute Gasteiger partial charge is 0.259 e. The molecule has 5 heterocycles. The van der Waals surface area contributed by atoms with Gasteiger partial charge in [0.05, 0.1) is 45.3 Å². The van der Waals surface area contributed by atoms with Crippen molar-refractivity contribution in [3.05, 3.63) is 83.4 Å². The number of likely N-dealkylation sites (N-methyl/N-ethyl adjacent to an activating group) is 1. The second-order valence-electron chi connectivity index (χ2n) is 12.8. The van der Waals surface area contributed by atoms with Gasteiger partial charge in [-0.2, -0.15) is 5.10 Å². The van der Waals surface area contributed by atoms with Crippen LogP contribution in [0.4, 0.5) is 13.2 Å². The highest BCUT2D eigenvalue weighted by Crippen LogP contribution is 2.48. The van der Waals surface area contributed by atoms with Crippen LogP contribution >= 0.6 is 11.3 Å². The minimum absolute atomic E-state index is 0.0118. The maximum absolute atomic E-state index is 16.3. The summed E-state index contributed by atoms with van der Waals surface area (Å²) in [5.74, 6) is -2.82. The summed E-state index contributed by atoms with van der Waals surface area (Å²) in [6, 6.07) is 8.38. The molecule has 14 heteroatoms. The Bertz CT molecular complexity index is 2410. The number of carbonyl (C=O) groups excluding carboxylic acids is 2. The van der Waals surface area contributed by atoms with Gasteiger partial charge in [-0.25, -0.2) is 23.1 Å². The number of thiophene rings is 1. The van der Waals surface area contributed by atoms with Crippen LogP contribution in [0.5, 0.6) is 5.75 Å². The number of halogens is 3. The molecule has 0 unspecified atom stereocenters. The zero-order chi connectivity index (χ0) is 36.5. The highest BCUT2D eigenvalue weighted by Gasteiger charge is 2.35. The van der Waals surface area contributed by atoms with Crippen LogP contribution in [0, 0.1) is 24.4 Å². The topological polar surface area (TPSA) is 98.4 Å². The van der Waals surface area contributed by atoms with Crippen LogP contribution in [0.15, 0.2) is 54.4 Å². The molecule has 2 atom stereocenters. The Kier molecular flexibility index (Phi) is 8.44. The molecule has 7 rings (SSSR count). The Morgan fingerprint density at radius 3 is 2.55 bits per heavy atom. The van der Waals surface area contributed by atoms with E-state index in [4.69, 9.17) is 14.8 Å². The first kappa shape index (κ1) is 34.0. The predicted molar refractivity (Wildman–Crippen MR) is 190 cm³/mol. The summed E-state index contributed by atoms with van der Waals surface area (Å²) < 4.78 is 57.2. The number of rotatable bonds is 7. The van der Waals surface area contributed by atoms with E-state index in [-0.39, 0.29) is 45.6 Å². The molecule has 0 spiro atoms. The molecule has 51 heavy (non-hydrogen) atoms. The number of benzene rings is 2. The number of carbonyl (C=O) groups is 2. The molecule has 0 N–H and O–H groups in total. The molecule has 0 saturated heterocycles. The number of ether oxygens (including phenoxy) is 1. The molecular formula is C37H34F3N7O3S. The molecule has 0 bridgehead atoms. The molecule has 6 aromatic rings. The van der Waals surface area contributed by atoms with Gasteiger partial charge in [-0.15, -0.1) is 11.3 Å². The molecule has 2 aromatic carbocycles. The van der Waals surface area contributed by atoms with Crippen molar-refractivity contribution in [2.45, 2.75) is 39.4 Å². The summed E-state index contributed by atoms with van der Waals surface area (Å²) in [7, 11) is 4.97. The van der Waals surface area contributed by atoms with E-state index in [2.05, 4.69) is 11.6 Å². The van der Waals surface area contributed by atoms with Gasteiger partial charge in [0.2, 0.25) is 5.91 Å². The molecule has 10 nitrogen and oxygen atoms in total. The summed E-state index contributed by atoms with van der Waals surface area (Å²) in [6.45, 7) is 9.14. The van der Waals surface area contributed by atoms with Gasteiger partial charge in [-0.05, 0) is 45.0 Å². The maximum Gasteiger partial charge on any atom is 0.259 e. The van der Waals surface area contributed by atoms with Gasteiger partial charge in [0.15, 0.2) is 6.61 Å². The van der Waals surface area contributed by atoms with E-state index in [9.17, 15) is 14.0 Å². The summed E-state index contributed by atoms with van der Waals surface area (Å²) in [6.07, 6.45) is 1.26. The molecule has 0 aliphatic carbocycles. The molecule has 0 radical (unpaired) electrons. The molecule has 0 fully saturated rings. The second-order valence-corrected chi connectivity index (χ2v) is 13.7. The first-order valence-electron chi connectivity index (χ1n) is 16.2. The number of hydrogen-bond donors (Lipinski definition) is 0. The van der Waals surface area contributed by atoms with Gasteiger partial charge in [-0.1, -0.05) is 12.6 Å². The fourth-order valence-electron chi connectivity index (χ4n) is 6.75.